The van der Waals surface area contributed by atoms with Crippen molar-refractivity contribution in [2.45, 2.75) is 64.1 Å². The molecule has 3 heteroatoms. The number of piperazine rings is 1. The van der Waals surface area contributed by atoms with E-state index < -0.39 is 0 Å². The minimum atomic E-state index is 0.361. The minimum Gasteiger partial charge on any atom is -0.378 e. The van der Waals surface area contributed by atoms with Crippen LogP contribution in [0.4, 0.5) is 0 Å². The fourth-order valence-electron chi connectivity index (χ4n) is 3.33. The van der Waals surface area contributed by atoms with E-state index in [9.17, 15) is 0 Å². The van der Waals surface area contributed by atoms with Crippen molar-refractivity contribution in [1.29, 1.82) is 0 Å². The average Bonchev–Trinajstić information content (AvgIpc) is 2.39. The second-order valence-corrected chi connectivity index (χ2v) is 5.74. The molecule has 2 saturated heterocycles. The molecular weight excluding hydrogens is 212 g/mol. The van der Waals surface area contributed by atoms with Gasteiger partial charge >= 0.3 is 0 Å². The summed E-state index contributed by atoms with van der Waals surface area (Å²) in [7, 11) is 0. The van der Waals surface area contributed by atoms with Crippen LogP contribution >= 0.6 is 0 Å². The second kappa shape index (κ2) is 5.68. The van der Waals surface area contributed by atoms with Crippen LogP contribution in [0, 0.1) is 0 Å². The van der Waals surface area contributed by atoms with E-state index in [1.807, 2.05) is 0 Å². The van der Waals surface area contributed by atoms with E-state index in [2.05, 4.69) is 31.0 Å². The van der Waals surface area contributed by atoms with Gasteiger partial charge in [0, 0.05) is 37.8 Å². The van der Waals surface area contributed by atoms with Crippen LogP contribution in [0.25, 0.3) is 0 Å². The van der Waals surface area contributed by atoms with Crippen LogP contribution in [0.3, 0.4) is 0 Å². The topological polar surface area (TPSA) is 24.5 Å². The number of ether oxygens (including phenoxy) is 1. The summed E-state index contributed by atoms with van der Waals surface area (Å²) in [5.74, 6) is 0. The van der Waals surface area contributed by atoms with Crippen LogP contribution < -0.4 is 5.32 Å². The largest absolute Gasteiger partial charge is 0.378 e. The Hall–Kier alpha value is -0.120. The summed E-state index contributed by atoms with van der Waals surface area (Å²) < 4.78 is 5.66. The Balaban J connectivity index is 1.96. The average molecular weight is 240 g/mol. The van der Waals surface area contributed by atoms with E-state index in [1.54, 1.807) is 0 Å². The van der Waals surface area contributed by atoms with Crippen molar-refractivity contribution in [3.8, 4) is 0 Å². The molecule has 2 heterocycles. The highest BCUT2D eigenvalue weighted by Crippen LogP contribution is 2.26. The molecule has 2 rings (SSSR count). The predicted molar refractivity (Wildman–Crippen MR) is 71.3 cm³/mol. The van der Waals surface area contributed by atoms with Crippen molar-refractivity contribution < 1.29 is 4.74 Å². The molecule has 0 aromatic rings. The number of nitrogens with zero attached hydrogens (tertiary/aromatic N) is 1. The van der Waals surface area contributed by atoms with E-state index in [1.165, 1.54) is 38.8 Å². The molecular formula is C14H28N2O. The highest BCUT2D eigenvalue weighted by molar-refractivity contribution is 4.95. The Morgan fingerprint density at radius 2 is 2.12 bits per heavy atom. The summed E-state index contributed by atoms with van der Waals surface area (Å²) in [6.45, 7) is 11.4. The van der Waals surface area contributed by atoms with Crippen LogP contribution in [-0.2, 0) is 4.74 Å². The van der Waals surface area contributed by atoms with E-state index >= 15 is 0 Å². The number of hydrogen-bond donors (Lipinski definition) is 1. The Morgan fingerprint density at radius 1 is 1.35 bits per heavy atom. The summed E-state index contributed by atoms with van der Waals surface area (Å²) >= 11 is 0. The molecule has 2 unspecified atom stereocenters. The van der Waals surface area contributed by atoms with Gasteiger partial charge in [-0.1, -0.05) is 13.8 Å². The quantitative estimate of drug-likeness (QED) is 0.817. The van der Waals surface area contributed by atoms with Gasteiger partial charge in [0.15, 0.2) is 0 Å². The molecule has 1 N–H and O–H groups in total. The van der Waals surface area contributed by atoms with Gasteiger partial charge in [0.05, 0.1) is 6.10 Å². The van der Waals surface area contributed by atoms with E-state index in [-0.39, 0.29) is 0 Å². The molecule has 2 fully saturated rings. The molecule has 0 radical (unpaired) electrons. The predicted octanol–water partition coefficient (Wildman–Crippen LogP) is 2.02. The molecule has 3 nitrogen and oxygen atoms in total. The summed E-state index contributed by atoms with van der Waals surface area (Å²) in [6.07, 6.45) is 5.34. The smallest absolute Gasteiger partial charge is 0.0561 e. The first-order chi connectivity index (χ1) is 8.19. The van der Waals surface area contributed by atoms with Crippen LogP contribution in [0.2, 0.25) is 0 Å². The lowest BCUT2D eigenvalue weighted by atomic mass is 9.88. The van der Waals surface area contributed by atoms with Gasteiger partial charge in [0.1, 0.15) is 0 Å². The van der Waals surface area contributed by atoms with Crippen LogP contribution in [0.1, 0.15) is 46.5 Å². The summed E-state index contributed by atoms with van der Waals surface area (Å²) in [6, 6.07) is 0.748. The first-order valence-electron chi connectivity index (χ1n) is 7.30. The van der Waals surface area contributed by atoms with Gasteiger partial charge in [-0.3, -0.25) is 4.90 Å². The Morgan fingerprint density at radius 3 is 2.76 bits per heavy atom. The van der Waals surface area contributed by atoms with E-state index in [0.29, 0.717) is 11.6 Å². The fraction of sp³-hybridized carbons (Fsp3) is 1.00. The third-order valence-corrected chi connectivity index (χ3v) is 4.73. The van der Waals surface area contributed by atoms with Crippen molar-refractivity contribution >= 4 is 0 Å². The standard InChI is InChI=1S/C14H28N2O/c1-4-14(5-2)11-16(8-7-15-14)13-6-9-17-12(3)10-13/h12-13,15H,4-11H2,1-3H3. The molecule has 17 heavy (non-hydrogen) atoms. The van der Waals surface area contributed by atoms with Gasteiger partial charge < -0.3 is 10.1 Å². The van der Waals surface area contributed by atoms with Gasteiger partial charge in [0.2, 0.25) is 0 Å². The fourth-order valence-corrected chi connectivity index (χ4v) is 3.33. The molecule has 2 aliphatic rings. The first kappa shape index (κ1) is 13.3. The van der Waals surface area contributed by atoms with E-state index in [0.717, 1.165) is 19.2 Å². The molecule has 0 bridgehead atoms. The maximum Gasteiger partial charge on any atom is 0.0561 e. The van der Waals surface area contributed by atoms with Gasteiger partial charge in [-0.15, -0.1) is 0 Å². The molecule has 0 amide bonds. The zero-order valence-corrected chi connectivity index (χ0v) is 11.7. The molecule has 100 valence electrons. The molecule has 2 atom stereocenters. The van der Waals surface area contributed by atoms with Crippen molar-refractivity contribution in [1.82, 2.24) is 10.2 Å². The zero-order chi connectivity index (χ0) is 12.3. The molecule has 0 spiro atoms. The maximum atomic E-state index is 5.66. The lowest BCUT2D eigenvalue weighted by molar-refractivity contribution is -0.0315. The first-order valence-corrected chi connectivity index (χ1v) is 7.30. The number of rotatable bonds is 3. The molecule has 0 saturated carbocycles. The van der Waals surface area contributed by atoms with Crippen LogP contribution in [0.15, 0.2) is 0 Å². The van der Waals surface area contributed by atoms with Crippen LogP contribution in [-0.4, -0.2) is 48.8 Å². The SMILES string of the molecule is CCC1(CC)CN(C2CCOC(C)C2)CCN1. The second-order valence-electron chi connectivity index (χ2n) is 5.74. The Bertz CT molecular complexity index is 240. The van der Waals surface area contributed by atoms with Crippen molar-refractivity contribution in [3.05, 3.63) is 0 Å². The molecule has 2 aliphatic heterocycles. The molecule has 0 aromatic carbocycles. The van der Waals surface area contributed by atoms with Crippen molar-refractivity contribution in [3.63, 3.8) is 0 Å². The third kappa shape index (κ3) is 3.01. The molecule has 0 aromatic heterocycles. The summed E-state index contributed by atoms with van der Waals surface area (Å²) in [4.78, 5) is 2.71. The van der Waals surface area contributed by atoms with Gasteiger partial charge in [-0.05, 0) is 32.6 Å². The van der Waals surface area contributed by atoms with E-state index in [4.69, 9.17) is 4.74 Å². The normalized spacial score (nSPS) is 34.8. The van der Waals surface area contributed by atoms with Gasteiger partial charge in [0.25, 0.3) is 0 Å². The Kier molecular flexibility index (Phi) is 4.45. The number of hydrogen-bond acceptors (Lipinski definition) is 3. The number of nitrogens with one attached hydrogen (secondary N) is 1. The summed E-state index contributed by atoms with van der Waals surface area (Å²) in [5, 5.41) is 3.74. The third-order valence-electron chi connectivity index (χ3n) is 4.73. The lowest BCUT2D eigenvalue weighted by Gasteiger charge is -2.47. The van der Waals surface area contributed by atoms with Gasteiger partial charge in [-0.2, -0.15) is 0 Å². The maximum absolute atomic E-state index is 5.66. The molecule has 0 aliphatic carbocycles. The van der Waals surface area contributed by atoms with Crippen LogP contribution in [0.5, 0.6) is 0 Å². The van der Waals surface area contributed by atoms with Gasteiger partial charge in [-0.25, -0.2) is 0 Å². The summed E-state index contributed by atoms with van der Waals surface area (Å²) in [5.41, 5.74) is 0.361. The highest BCUT2D eigenvalue weighted by atomic mass is 16.5. The monoisotopic (exact) mass is 240 g/mol. The van der Waals surface area contributed by atoms with Crippen molar-refractivity contribution in [2.24, 2.45) is 0 Å². The lowest BCUT2D eigenvalue weighted by Crippen LogP contribution is -2.62. The minimum absolute atomic E-state index is 0.361. The Labute approximate surface area is 106 Å². The zero-order valence-electron chi connectivity index (χ0n) is 11.7. The van der Waals surface area contributed by atoms with Crippen molar-refractivity contribution in [2.75, 3.05) is 26.2 Å². The highest BCUT2D eigenvalue weighted by Gasteiger charge is 2.35.